The van der Waals surface area contributed by atoms with Crippen LogP contribution in [0.15, 0.2) is 12.4 Å². The van der Waals surface area contributed by atoms with Crippen molar-refractivity contribution in [2.24, 2.45) is 0 Å². The molecule has 0 atom stereocenters. The van der Waals surface area contributed by atoms with E-state index >= 15 is 0 Å². The van der Waals surface area contributed by atoms with E-state index in [1.165, 1.54) is 0 Å². The summed E-state index contributed by atoms with van der Waals surface area (Å²) in [5.41, 5.74) is 0. The molecule has 3 heteroatoms. The fraction of sp³-hybridized carbons (Fsp3) is 0.778. The molecule has 0 unspecified atom stereocenters. The summed E-state index contributed by atoms with van der Waals surface area (Å²) < 4.78 is 0. The van der Waals surface area contributed by atoms with E-state index in [0.29, 0.717) is 6.04 Å². The average molecular weight is 169 g/mol. The van der Waals surface area contributed by atoms with Gasteiger partial charge in [-0.3, -0.25) is 0 Å². The van der Waals surface area contributed by atoms with Crippen LogP contribution in [0, 0.1) is 0 Å². The molecule has 0 bridgehead atoms. The third kappa shape index (κ3) is 2.74. The number of hydrogen-bond donors (Lipinski definition) is 2. The van der Waals surface area contributed by atoms with Gasteiger partial charge >= 0.3 is 0 Å². The lowest BCUT2D eigenvalue weighted by molar-refractivity contribution is 0.276. The smallest absolute Gasteiger partial charge is 0.0941 e. The maximum Gasteiger partial charge on any atom is 0.0941 e. The Hall–Kier alpha value is -0.700. The molecule has 0 aliphatic carbocycles. The molecule has 0 aromatic heterocycles. The molecular weight excluding hydrogens is 150 g/mol. The van der Waals surface area contributed by atoms with E-state index in [-0.39, 0.29) is 0 Å². The molecule has 1 fully saturated rings. The van der Waals surface area contributed by atoms with Crippen LogP contribution in [-0.4, -0.2) is 37.1 Å². The molecule has 0 aromatic carbocycles. The summed E-state index contributed by atoms with van der Waals surface area (Å²) in [6, 6.07) is 0.479. The average Bonchev–Trinajstić information content (AvgIpc) is 2.05. The van der Waals surface area contributed by atoms with Gasteiger partial charge in [0.25, 0.3) is 0 Å². The Labute approximate surface area is 74.8 Å². The highest BCUT2D eigenvalue weighted by molar-refractivity contribution is 4.94. The summed E-state index contributed by atoms with van der Waals surface area (Å²) >= 11 is 0. The molecule has 0 amide bonds. The zero-order chi connectivity index (χ0) is 8.97. The molecule has 1 rings (SSSR count). The van der Waals surface area contributed by atoms with Crippen LogP contribution in [0.3, 0.4) is 0 Å². The first-order valence-electron chi connectivity index (χ1n) is 4.61. The SMILES string of the molecule is C=C(NC(C)C)N1CCNCC1. The summed E-state index contributed by atoms with van der Waals surface area (Å²) in [5.74, 6) is 1.06. The van der Waals surface area contributed by atoms with Crippen molar-refractivity contribution in [3.63, 3.8) is 0 Å². The second kappa shape index (κ2) is 4.36. The molecule has 3 nitrogen and oxygen atoms in total. The van der Waals surface area contributed by atoms with Gasteiger partial charge in [0.15, 0.2) is 0 Å². The van der Waals surface area contributed by atoms with Gasteiger partial charge in [0.1, 0.15) is 0 Å². The highest BCUT2D eigenvalue weighted by Crippen LogP contribution is 2.00. The zero-order valence-electron chi connectivity index (χ0n) is 8.06. The van der Waals surface area contributed by atoms with E-state index in [4.69, 9.17) is 0 Å². The van der Waals surface area contributed by atoms with Gasteiger partial charge < -0.3 is 15.5 Å². The van der Waals surface area contributed by atoms with E-state index in [2.05, 4.69) is 36.0 Å². The molecule has 0 spiro atoms. The fourth-order valence-electron chi connectivity index (χ4n) is 1.36. The Morgan fingerprint density at radius 2 is 2.00 bits per heavy atom. The predicted octanol–water partition coefficient (Wildman–Crippen LogP) is 0.361. The Balaban J connectivity index is 2.30. The second-order valence-electron chi connectivity index (χ2n) is 3.48. The molecule has 0 radical (unpaired) electrons. The minimum Gasteiger partial charge on any atom is -0.370 e. The summed E-state index contributed by atoms with van der Waals surface area (Å²) in [7, 11) is 0. The Morgan fingerprint density at radius 3 is 2.50 bits per heavy atom. The topological polar surface area (TPSA) is 27.3 Å². The van der Waals surface area contributed by atoms with Gasteiger partial charge in [0, 0.05) is 32.2 Å². The Morgan fingerprint density at radius 1 is 1.42 bits per heavy atom. The molecule has 12 heavy (non-hydrogen) atoms. The minimum absolute atomic E-state index is 0.479. The van der Waals surface area contributed by atoms with Crippen molar-refractivity contribution in [3.05, 3.63) is 12.4 Å². The van der Waals surface area contributed by atoms with Gasteiger partial charge in [0.05, 0.1) is 5.82 Å². The molecular formula is C9H19N3. The summed E-state index contributed by atoms with van der Waals surface area (Å²) in [6.45, 7) is 12.5. The normalized spacial score (nSPS) is 18.1. The van der Waals surface area contributed by atoms with E-state index in [0.717, 1.165) is 32.0 Å². The third-order valence-electron chi connectivity index (χ3n) is 1.95. The van der Waals surface area contributed by atoms with E-state index < -0.39 is 0 Å². The first kappa shape index (κ1) is 9.39. The van der Waals surface area contributed by atoms with Crippen LogP contribution in [0.1, 0.15) is 13.8 Å². The van der Waals surface area contributed by atoms with Crippen molar-refractivity contribution in [3.8, 4) is 0 Å². The molecule has 70 valence electrons. The van der Waals surface area contributed by atoms with Crippen LogP contribution in [0.25, 0.3) is 0 Å². The lowest BCUT2D eigenvalue weighted by atomic mass is 10.3. The maximum absolute atomic E-state index is 4.01. The number of rotatable bonds is 3. The van der Waals surface area contributed by atoms with Crippen molar-refractivity contribution in [2.45, 2.75) is 19.9 Å². The molecule has 1 aliphatic rings. The summed E-state index contributed by atoms with van der Waals surface area (Å²) in [4.78, 5) is 2.29. The van der Waals surface area contributed by atoms with Crippen LogP contribution >= 0.6 is 0 Å². The Kier molecular flexibility index (Phi) is 3.41. The van der Waals surface area contributed by atoms with E-state index in [1.807, 2.05) is 0 Å². The molecule has 1 saturated heterocycles. The Bertz CT molecular complexity index is 148. The lowest BCUT2D eigenvalue weighted by Gasteiger charge is -2.32. The zero-order valence-corrected chi connectivity index (χ0v) is 8.06. The van der Waals surface area contributed by atoms with Crippen molar-refractivity contribution < 1.29 is 0 Å². The highest BCUT2D eigenvalue weighted by Gasteiger charge is 2.10. The van der Waals surface area contributed by atoms with E-state index in [9.17, 15) is 0 Å². The number of nitrogens with one attached hydrogen (secondary N) is 2. The summed E-state index contributed by atoms with van der Waals surface area (Å²) in [5, 5.41) is 6.63. The lowest BCUT2D eigenvalue weighted by Crippen LogP contribution is -2.46. The van der Waals surface area contributed by atoms with Gasteiger partial charge in [0.2, 0.25) is 0 Å². The van der Waals surface area contributed by atoms with Gasteiger partial charge in [-0.25, -0.2) is 0 Å². The van der Waals surface area contributed by atoms with Gasteiger partial charge in [-0.1, -0.05) is 6.58 Å². The highest BCUT2D eigenvalue weighted by atomic mass is 15.3. The van der Waals surface area contributed by atoms with Crippen molar-refractivity contribution in [1.29, 1.82) is 0 Å². The van der Waals surface area contributed by atoms with Crippen LogP contribution in [0.2, 0.25) is 0 Å². The van der Waals surface area contributed by atoms with Gasteiger partial charge in [-0.05, 0) is 13.8 Å². The monoisotopic (exact) mass is 169 g/mol. The van der Waals surface area contributed by atoms with Crippen LogP contribution < -0.4 is 10.6 Å². The molecule has 1 heterocycles. The number of nitrogens with zero attached hydrogens (tertiary/aromatic N) is 1. The third-order valence-corrected chi connectivity index (χ3v) is 1.95. The van der Waals surface area contributed by atoms with Crippen LogP contribution in [0.5, 0.6) is 0 Å². The number of piperazine rings is 1. The molecule has 2 N–H and O–H groups in total. The number of hydrogen-bond acceptors (Lipinski definition) is 3. The van der Waals surface area contributed by atoms with Crippen molar-refractivity contribution in [2.75, 3.05) is 26.2 Å². The molecule has 0 saturated carbocycles. The molecule has 0 aromatic rings. The van der Waals surface area contributed by atoms with Crippen LogP contribution in [-0.2, 0) is 0 Å². The van der Waals surface area contributed by atoms with Crippen molar-refractivity contribution >= 4 is 0 Å². The summed E-state index contributed by atoms with van der Waals surface area (Å²) in [6.07, 6.45) is 0. The second-order valence-corrected chi connectivity index (χ2v) is 3.48. The first-order chi connectivity index (χ1) is 5.70. The van der Waals surface area contributed by atoms with Crippen molar-refractivity contribution in [1.82, 2.24) is 15.5 Å². The van der Waals surface area contributed by atoms with E-state index in [1.54, 1.807) is 0 Å². The fourth-order valence-corrected chi connectivity index (χ4v) is 1.36. The molecule has 1 aliphatic heterocycles. The van der Waals surface area contributed by atoms with Crippen LogP contribution in [0.4, 0.5) is 0 Å². The maximum atomic E-state index is 4.01. The van der Waals surface area contributed by atoms with Gasteiger partial charge in [-0.15, -0.1) is 0 Å². The predicted molar refractivity (Wildman–Crippen MR) is 51.9 cm³/mol. The largest absolute Gasteiger partial charge is 0.370 e. The standard InChI is InChI=1S/C9H19N3/c1-8(2)11-9(3)12-6-4-10-5-7-12/h8,10-11H,3-7H2,1-2H3. The first-order valence-corrected chi connectivity index (χ1v) is 4.61. The van der Waals surface area contributed by atoms with Gasteiger partial charge in [-0.2, -0.15) is 0 Å². The quantitative estimate of drug-likeness (QED) is 0.639. The minimum atomic E-state index is 0.479.